The molecule has 0 bridgehead atoms. The van der Waals surface area contributed by atoms with E-state index in [9.17, 15) is 0 Å². The number of hydrogen-bond donors (Lipinski definition) is 0. The first-order valence-corrected chi connectivity index (χ1v) is 16.3. The summed E-state index contributed by atoms with van der Waals surface area (Å²) in [5.41, 5.74) is 11.9. The fourth-order valence-electron chi connectivity index (χ4n) is 6.89. The molecule has 226 valence electrons. The molecule has 8 aromatic carbocycles. The Kier molecular flexibility index (Phi) is 6.84. The van der Waals surface area contributed by atoms with Crippen molar-refractivity contribution < 1.29 is 4.42 Å². The van der Waals surface area contributed by atoms with Crippen molar-refractivity contribution in [1.29, 1.82) is 0 Å². The van der Waals surface area contributed by atoms with Gasteiger partial charge in [0, 0.05) is 22.1 Å². The number of benzene rings is 8. The van der Waals surface area contributed by atoms with Gasteiger partial charge in [-0.3, -0.25) is 0 Å². The van der Waals surface area contributed by atoms with Crippen LogP contribution in [0.2, 0.25) is 0 Å². The molecule has 2 heteroatoms. The van der Waals surface area contributed by atoms with Gasteiger partial charge in [0.2, 0.25) is 0 Å². The van der Waals surface area contributed by atoms with E-state index < -0.39 is 0 Å². The molecule has 9 aromatic rings. The van der Waals surface area contributed by atoms with Crippen LogP contribution < -0.4 is 4.90 Å². The predicted molar refractivity (Wildman–Crippen MR) is 202 cm³/mol. The summed E-state index contributed by atoms with van der Waals surface area (Å²) in [6, 6.07) is 66.8. The van der Waals surface area contributed by atoms with Crippen LogP contribution >= 0.6 is 0 Å². The van der Waals surface area contributed by atoms with Crippen LogP contribution in [0, 0.1) is 0 Å². The third-order valence-electron chi connectivity index (χ3n) is 9.25. The van der Waals surface area contributed by atoms with Gasteiger partial charge in [0.25, 0.3) is 0 Å². The normalized spacial score (nSPS) is 11.3. The predicted octanol–water partition coefficient (Wildman–Crippen LogP) is 13.2. The Bertz CT molecular complexity index is 2430. The summed E-state index contributed by atoms with van der Waals surface area (Å²) in [6.07, 6.45) is 0. The first kappa shape index (κ1) is 27.9. The zero-order valence-corrected chi connectivity index (χ0v) is 26.3. The molecule has 48 heavy (non-hydrogen) atoms. The second-order valence-electron chi connectivity index (χ2n) is 12.2. The standard InChI is InChI=1S/C46H31NO/c1-4-12-32(13-5-1)35-20-25-39(26-21-35)47(40-27-22-36(23-28-40)33-14-6-2-7-15-33)43-31-38(34-16-8-3-9-17-34)30-42-45-41-19-11-10-18-37(41)24-29-44(45)48-46(42)43/h1-31H. The van der Waals surface area contributed by atoms with Gasteiger partial charge < -0.3 is 9.32 Å². The van der Waals surface area contributed by atoms with E-state index in [0.29, 0.717) is 0 Å². The quantitative estimate of drug-likeness (QED) is 0.185. The fraction of sp³-hybridized carbons (Fsp3) is 0. The van der Waals surface area contributed by atoms with Crippen LogP contribution in [0.25, 0.3) is 66.1 Å². The molecule has 0 N–H and O–H groups in total. The van der Waals surface area contributed by atoms with Gasteiger partial charge in [-0.1, -0.05) is 146 Å². The number of rotatable bonds is 6. The topological polar surface area (TPSA) is 16.4 Å². The van der Waals surface area contributed by atoms with Crippen LogP contribution in [0.5, 0.6) is 0 Å². The SMILES string of the molecule is c1ccc(-c2ccc(N(c3ccc(-c4ccccc4)cc3)c3cc(-c4ccccc4)cc4c3oc3ccc5ccccc5c34)cc2)cc1. The lowest BCUT2D eigenvalue weighted by atomic mass is 9.98. The number of fused-ring (bicyclic) bond motifs is 5. The van der Waals surface area contributed by atoms with Crippen molar-refractivity contribution in [3.05, 3.63) is 188 Å². The zero-order chi connectivity index (χ0) is 31.9. The highest BCUT2D eigenvalue weighted by atomic mass is 16.3. The minimum atomic E-state index is 0.861. The minimum absolute atomic E-state index is 0.861. The molecule has 0 saturated carbocycles. The minimum Gasteiger partial charge on any atom is -0.454 e. The van der Waals surface area contributed by atoms with Crippen molar-refractivity contribution in [2.75, 3.05) is 4.90 Å². The third kappa shape index (κ3) is 4.92. The van der Waals surface area contributed by atoms with E-state index in [1.54, 1.807) is 0 Å². The lowest BCUT2D eigenvalue weighted by molar-refractivity contribution is 0.669. The van der Waals surface area contributed by atoms with Crippen molar-refractivity contribution in [3.63, 3.8) is 0 Å². The molecular formula is C46H31NO. The van der Waals surface area contributed by atoms with Gasteiger partial charge in [-0.15, -0.1) is 0 Å². The average molecular weight is 614 g/mol. The monoisotopic (exact) mass is 613 g/mol. The van der Waals surface area contributed by atoms with Crippen molar-refractivity contribution >= 4 is 49.8 Å². The van der Waals surface area contributed by atoms with Crippen molar-refractivity contribution in [2.45, 2.75) is 0 Å². The molecule has 0 radical (unpaired) electrons. The lowest BCUT2D eigenvalue weighted by Gasteiger charge is -2.26. The second-order valence-corrected chi connectivity index (χ2v) is 12.2. The molecule has 1 heterocycles. The molecule has 2 nitrogen and oxygen atoms in total. The highest BCUT2D eigenvalue weighted by Gasteiger charge is 2.22. The van der Waals surface area contributed by atoms with E-state index in [1.807, 2.05) is 0 Å². The van der Waals surface area contributed by atoms with E-state index in [1.165, 1.54) is 33.0 Å². The smallest absolute Gasteiger partial charge is 0.159 e. The lowest BCUT2D eigenvalue weighted by Crippen LogP contribution is -2.10. The Balaban J connectivity index is 1.31. The molecule has 9 rings (SSSR count). The first-order chi connectivity index (χ1) is 23.8. The maximum absolute atomic E-state index is 6.85. The molecule has 0 aliphatic heterocycles. The van der Waals surface area contributed by atoms with Crippen molar-refractivity contribution in [3.8, 4) is 33.4 Å². The van der Waals surface area contributed by atoms with E-state index in [0.717, 1.165) is 50.1 Å². The maximum atomic E-state index is 6.85. The number of anilines is 3. The van der Waals surface area contributed by atoms with Gasteiger partial charge in [-0.05, 0) is 86.6 Å². The molecule has 0 aliphatic rings. The molecule has 0 atom stereocenters. The zero-order valence-electron chi connectivity index (χ0n) is 26.3. The maximum Gasteiger partial charge on any atom is 0.159 e. The summed E-state index contributed by atoms with van der Waals surface area (Å²) in [6.45, 7) is 0. The van der Waals surface area contributed by atoms with Gasteiger partial charge in [0.1, 0.15) is 5.58 Å². The Morgan fingerprint density at radius 1 is 0.354 bits per heavy atom. The summed E-state index contributed by atoms with van der Waals surface area (Å²) in [5, 5.41) is 4.63. The number of furan rings is 1. The summed E-state index contributed by atoms with van der Waals surface area (Å²) in [7, 11) is 0. The van der Waals surface area contributed by atoms with E-state index in [2.05, 4.69) is 193 Å². The first-order valence-electron chi connectivity index (χ1n) is 16.3. The molecular weight excluding hydrogens is 583 g/mol. The van der Waals surface area contributed by atoms with Crippen LogP contribution in [0.3, 0.4) is 0 Å². The summed E-state index contributed by atoms with van der Waals surface area (Å²) in [4.78, 5) is 2.34. The van der Waals surface area contributed by atoms with Crippen LogP contribution in [-0.4, -0.2) is 0 Å². The van der Waals surface area contributed by atoms with E-state index in [-0.39, 0.29) is 0 Å². The molecule has 0 fully saturated rings. The van der Waals surface area contributed by atoms with Gasteiger partial charge in [-0.2, -0.15) is 0 Å². The summed E-state index contributed by atoms with van der Waals surface area (Å²) < 4.78 is 6.85. The molecule has 0 saturated heterocycles. The van der Waals surface area contributed by atoms with Crippen LogP contribution in [0.1, 0.15) is 0 Å². The van der Waals surface area contributed by atoms with Gasteiger partial charge >= 0.3 is 0 Å². The van der Waals surface area contributed by atoms with Crippen LogP contribution in [-0.2, 0) is 0 Å². The van der Waals surface area contributed by atoms with Gasteiger partial charge in [-0.25, -0.2) is 0 Å². The van der Waals surface area contributed by atoms with Crippen molar-refractivity contribution in [2.24, 2.45) is 0 Å². The molecule has 0 unspecified atom stereocenters. The van der Waals surface area contributed by atoms with Crippen LogP contribution in [0.4, 0.5) is 17.1 Å². The number of nitrogens with zero attached hydrogens (tertiary/aromatic N) is 1. The summed E-state index contributed by atoms with van der Waals surface area (Å²) >= 11 is 0. The third-order valence-corrected chi connectivity index (χ3v) is 9.25. The Morgan fingerprint density at radius 2 is 0.833 bits per heavy atom. The molecule has 0 spiro atoms. The van der Waals surface area contributed by atoms with Gasteiger partial charge in [0.15, 0.2) is 5.58 Å². The van der Waals surface area contributed by atoms with Crippen molar-refractivity contribution in [1.82, 2.24) is 0 Å². The highest BCUT2D eigenvalue weighted by molar-refractivity contribution is 6.21. The van der Waals surface area contributed by atoms with Crippen LogP contribution in [0.15, 0.2) is 192 Å². The Hall–Kier alpha value is -6.38. The highest BCUT2D eigenvalue weighted by Crippen LogP contribution is 2.46. The molecule has 0 aliphatic carbocycles. The average Bonchev–Trinajstić information content (AvgIpc) is 3.56. The summed E-state index contributed by atoms with van der Waals surface area (Å²) in [5.74, 6) is 0. The second kappa shape index (κ2) is 11.8. The molecule has 1 aromatic heterocycles. The number of hydrogen-bond acceptors (Lipinski definition) is 2. The Labute approximate surface area is 279 Å². The largest absolute Gasteiger partial charge is 0.454 e. The fourth-order valence-corrected chi connectivity index (χ4v) is 6.89. The molecule has 0 amide bonds. The Morgan fingerprint density at radius 3 is 1.40 bits per heavy atom. The van der Waals surface area contributed by atoms with E-state index in [4.69, 9.17) is 4.42 Å². The van der Waals surface area contributed by atoms with Gasteiger partial charge in [0.05, 0.1) is 5.69 Å². The van der Waals surface area contributed by atoms with E-state index >= 15 is 0 Å².